The van der Waals surface area contributed by atoms with Crippen LogP contribution in [-0.4, -0.2) is 57.0 Å². The Morgan fingerprint density at radius 3 is 2.22 bits per heavy atom. The second-order valence-electron chi connectivity index (χ2n) is 7.39. The zero-order chi connectivity index (χ0) is 21.8. The molecular weight excluding hydrogens is 404 g/mol. The molecule has 1 aliphatic rings. The Bertz CT molecular complexity index is 1170. The van der Waals surface area contributed by atoms with Gasteiger partial charge in [0.1, 0.15) is 11.5 Å². The van der Waals surface area contributed by atoms with E-state index in [1.54, 1.807) is 10.9 Å². The number of nitrogens with zero attached hydrogens (tertiary/aromatic N) is 6. The molecule has 0 unspecified atom stereocenters. The molecule has 0 N–H and O–H groups in total. The maximum Gasteiger partial charge on any atom is 0.257 e. The van der Waals surface area contributed by atoms with Crippen molar-refractivity contribution in [3.8, 4) is 17.3 Å². The molecule has 4 aromatic rings. The average Bonchev–Trinajstić information content (AvgIpc) is 3.40. The van der Waals surface area contributed by atoms with Crippen LogP contribution in [0.2, 0.25) is 0 Å². The standard InChI is InChI=1S/C24H22N6O2/c31-24(20-9-4-5-10-21(20)32-19-7-2-1-3-8-19)29-17-15-28(16-18-29)22-11-12-23(27-26-22)30-14-6-13-25-30/h1-14H,15-18H2. The van der Waals surface area contributed by atoms with E-state index in [4.69, 9.17) is 4.74 Å². The zero-order valence-electron chi connectivity index (χ0n) is 17.4. The highest BCUT2D eigenvalue weighted by Gasteiger charge is 2.25. The van der Waals surface area contributed by atoms with Gasteiger partial charge in [-0.1, -0.05) is 30.3 Å². The van der Waals surface area contributed by atoms with Gasteiger partial charge in [-0.05, 0) is 42.5 Å². The van der Waals surface area contributed by atoms with Gasteiger partial charge in [0.25, 0.3) is 5.91 Å². The van der Waals surface area contributed by atoms with Gasteiger partial charge in [0.2, 0.25) is 0 Å². The molecule has 1 fully saturated rings. The second kappa shape index (κ2) is 8.89. The second-order valence-corrected chi connectivity index (χ2v) is 7.39. The number of carbonyl (C=O) groups excluding carboxylic acids is 1. The third kappa shape index (κ3) is 4.15. The van der Waals surface area contributed by atoms with Crippen LogP contribution in [0.15, 0.2) is 85.2 Å². The Balaban J connectivity index is 1.24. The van der Waals surface area contributed by atoms with Crippen molar-refractivity contribution in [2.75, 3.05) is 31.1 Å². The van der Waals surface area contributed by atoms with Crippen molar-refractivity contribution < 1.29 is 9.53 Å². The summed E-state index contributed by atoms with van der Waals surface area (Å²) in [4.78, 5) is 17.2. The van der Waals surface area contributed by atoms with Crippen molar-refractivity contribution in [2.24, 2.45) is 0 Å². The Kier molecular flexibility index (Phi) is 5.48. The van der Waals surface area contributed by atoms with Crippen molar-refractivity contribution in [1.29, 1.82) is 0 Å². The van der Waals surface area contributed by atoms with Crippen LogP contribution in [0.25, 0.3) is 5.82 Å². The predicted octanol–water partition coefficient (Wildman–Crippen LogP) is 3.42. The maximum absolute atomic E-state index is 13.2. The number of amides is 1. The summed E-state index contributed by atoms with van der Waals surface area (Å²) < 4.78 is 7.64. The molecule has 2 aromatic carbocycles. The predicted molar refractivity (Wildman–Crippen MR) is 120 cm³/mol. The topological polar surface area (TPSA) is 76.4 Å². The third-order valence-electron chi connectivity index (χ3n) is 5.35. The van der Waals surface area contributed by atoms with Crippen molar-refractivity contribution in [2.45, 2.75) is 0 Å². The first-order valence-electron chi connectivity index (χ1n) is 10.5. The molecule has 1 amide bonds. The molecule has 2 aromatic heterocycles. The molecule has 0 bridgehead atoms. The van der Waals surface area contributed by atoms with E-state index < -0.39 is 0 Å². The van der Waals surface area contributed by atoms with Gasteiger partial charge in [-0.15, -0.1) is 10.2 Å². The Morgan fingerprint density at radius 2 is 1.50 bits per heavy atom. The van der Waals surface area contributed by atoms with E-state index in [1.165, 1.54) is 0 Å². The van der Waals surface area contributed by atoms with Crippen LogP contribution in [-0.2, 0) is 0 Å². The minimum atomic E-state index is -0.0312. The number of carbonyl (C=O) groups is 1. The summed E-state index contributed by atoms with van der Waals surface area (Å²) >= 11 is 0. The van der Waals surface area contributed by atoms with Crippen molar-refractivity contribution in [3.05, 3.63) is 90.8 Å². The number of para-hydroxylation sites is 2. The molecule has 8 nitrogen and oxygen atoms in total. The lowest BCUT2D eigenvalue weighted by Gasteiger charge is -2.35. The van der Waals surface area contributed by atoms with E-state index in [2.05, 4.69) is 20.2 Å². The smallest absolute Gasteiger partial charge is 0.257 e. The average molecular weight is 426 g/mol. The molecule has 0 atom stereocenters. The van der Waals surface area contributed by atoms with Gasteiger partial charge in [0, 0.05) is 38.6 Å². The summed E-state index contributed by atoms with van der Waals surface area (Å²) in [5, 5.41) is 12.8. The number of hydrogen-bond donors (Lipinski definition) is 0. The van der Waals surface area contributed by atoms with Gasteiger partial charge in [-0.3, -0.25) is 4.79 Å². The van der Waals surface area contributed by atoms with Crippen molar-refractivity contribution in [3.63, 3.8) is 0 Å². The minimum Gasteiger partial charge on any atom is -0.457 e. The summed E-state index contributed by atoms with van der Waals surface area (Å²) in [7, 11) is 0. The monoisotopic (exact) mass is 426 g/mol. The number of aromatic nitrogens is 4. The Hall–Kier alpha value is -4.20. The fourth-order valence-corrected chi connectivity index (χ4v) is 3.67. The summed E-state index contributed by atoms with van der Waals surface area (Å²) in [5.41, 5.74) is 0.563. The molecule has 3 heterocycles. The molecule has 0 spiro atoms. The lowest BCUT2D eigenvalue weighted by atomic mass is 10.1. The van der Waals surface area contributed by atoms with E-state index in [-0.39, 0.29) is 5.91 Å². The van der Waals surface area contributed by atoms with E-state index in [0.29, 0.717) is 49.1 Å². The van der Waals surface area contributed by atoms with Crippen molar-refractivity contribution >= 4 is 11.7 Å². The molecule has 0 aliphatic carbocycles. The summed E-state index contributed by atoms with van der Waals surface area (Å²) in [6.07, 6.45) is 3.53. The highest BCUT2D eigenvalue weighted by Crippen LogP contribution is 2.26. The highest BCUT2D eigenvalue weighted by molar-refractivity contribution is 5.97. The van der Waals surface area contributed by atoms with Crippen LogP contribution in [0.5, 0.6) is 11.5 Å². The van der Waals surface area contributed by atoms with Crippen LogP contribution < -0.4 is 9.64 Å². The normalized spacial score (nSPS) is 13.8. The Morgan fingerprint density at radius 1 is 0.781 bits per heavy atom. The maximum atomic E-state index is 13.2. The summed E-state index contributed by atoms with van der Waals surface area (Å²) in [6.45, 7) is 2.56. The number of ether oxygens (including phenoxy) is 1. The first-order chi connectivity index (χ1) is 15.8. The minimum absolute atomic E-state index is 0.0312. The number of benzene rings is 2. The fourth-order valence-electron chi connectivity index (χ4n) is 3.67. The molecule has 0 saturated carbocycles. The summed E-state index contributed by atoms with van der Waals surface area (Å²) in [5.74, 6) is 2.70. The molecule has 8 heteroatoms. The van der Waals surface area contributed by atoms with Crippen LogP contribution in [0.1, 0.15) is 10.4 Å². The number of rotatable bonds is 5. The van der Waals surface area contributed by atoms with Crippen LogP contribution in [0.3, 0.4) is 0 Å². The molecular formula is C24H22N6O2. The Labute approximate surface area is 185 Å². The van der Waals surface area contributed by atoms with Crippen LogP contribution >= 0.6 is 0 Å². The highest BCUT2D eigenvalue weighted by atomic mass is 16.5. The molecule has 5 rings (SSSR count). The first-order valence-corrected chi connectivity index (χ1v) is 10.5. The lowest BCUT2D eigenvalue weighted by molar-refractivity contribution is 0.0744. The van der Waals surface area contributed by atoms with Gasteiger partial charge >= 0.3 is 0 Å². The van der Waals surface area contributed by atoms with Gasteiger partial charge in [-0.25, -0.2) is 4.68 Å². The molecule has 1 saturated heterocycles. The number of hydrogen-bond acceptors (Lipinski definition) is 6. The van der Waals surface area contributed by atoms with Gasteiger partial charge in [0.15, 0.2) is 11.6 Å². The molecule has 0 radical (unpaired) electrons. The van der Waals surface area contributed by atoms with Crippen molar-refractivity contribution in [1.82, 2.24) is 24.9 Å². The van der Waals surface area contributed by atoms with E-state index in [1.807, 2.05) is 83.9 Å². The summed E-state index contributed by atoms with van der Waals surface area (Å²) in [6, 6.07) is 22.5. The number of piperazine rings is 1. The van der Waals surface area contributed by atoms with E-state index in [9.17, 15) is 4.79 Å². The quantitative estimate of drug-likeness (QED) is 0.487. The van der Waals surface area contributed by atoms with E-state index in [0.717, 1.165) is 5.82 Å². The van der Waals surface area contributed by atoms with Crippen LogP contribution in [0, 0.1) is 0 Å². The first kappa shape index (κ1) is 19.7. The molecule has 32 heavy (non-hydrogen) atoms. The number of anilines is 1. The zero-order valence-corrected chi connectivity index (χ0v) is 17.4. The lowest BCUT2D eigenvalue weighted by Crippen LogP contribution is -2.49. The molecule has 1 aliphatic heterocycles. The van der Waals surface area contributed by atoms with Gasteiger partial charge in [-0.2, -0.15) is 5.10 Å². The van der Waals surface area contributed by atoms with Crippen LogP contribution in [0.4, 0.5) is 5.82 Å². The fraction of sp³-hybridized carbons (Fsp3) is 0.167. The molecule has 160 valence electrons. The SMILES string of the molecule is O=C(c1ccccc1Oc1ccccc1)N1CCN(c2ccc(-n3cccn3)nn2)CC1. The third-order valence-corrected chi connectivity index (χ3v) is 5.35. The van der Waals surface area contributed by atoms with Gasteiger partial charge < -0.3 is 14.5 Å². The van der Waals surface area contributed by atoms with E-state index >= 15 is 0 Å². The largest absolute Gasteiger partial charge is 0.457 e. The van der Waals surface area contributed by atoms with Gasteiger partial charge in [0.05, 0.1) is 5.56 Å².